The summed E-state index contributed by atoms with van der Waals surface area (Å²) in [4.78, 5) is 18.5. The highest BCUT2D eigenvalue weighted by Gasteiger charge is 2.40. The van der Waals surface area contributed by atoms with Gasteiger partial charge in [-0.05, 0) is 35.7 Å². The Kier molecular flexibility index (Phi) is 5.52. The smallest absolute Gasteiger partial charge is 0.323 e. The molecule has 0 aliphatic carbocycles. The lowest BCUT2D eigenvalue weighted by molar-refractivity contribution is -0.141. The molecule has 4 rings (SSSR count). The normalized spacial score (nSPS) is 18.2. The first kappa shape index (κ1) is 20.8. The summed E-state index contributed by atoms with van der Waals surface area (Å²) >= 11 is 1.48. The molecule has 2 heterocycles. The van der Waals surface area contributed by atoms with Crippen LogP contribution in [0.5, 0.6) is 0 Å². The van der Waals surface area contributed by atoms with Gasteiger partial charge in [0.2, 0.25) is 10.0 Å². The quantitative estimate of drug-likeness (QED) is 0.647. The maximum absolute atomic E-state index is 13.2. The molecule has 9 heteroatoms. The minimum absolute atomic E-state index is 0.0540. The molecule has 30 heavy (non-hydrogen) atoms. The Morgan fingerprint density at radius 3 is 2.47 bits per heavy atom. The first-order valence-corrected chi connectivity index (χ1v) is 12.0. The van der Waals surface area contributed by atoms with Crippen LogP contribution in [0.3, 0.4) is 0 Å². The average molecular weight is 446 g/mol. The highest BCUT2D eigenvalue weighted by molar-refractivity contribution is 7.89. The number of fused-ring (bicyclic) bond motifs is 1. The summed E-state index contributed by atoms with van der Waals surface area (Å²) in [6.07, 6.45) is 0. The maximum atomic E-state index is 13.2. The number of carbonyl (C=O) groups is 1. The number of hydrogen-bond acceptors (Lipinski definition) is 6. The molecule has 1 aliphatic heterocycles. The molecule has 1 aromatic heterocycles. The fourth-order valence-corrected chi connectivity index (χ4v) is 6.15. The van der Waals surface area contributed by atoms with E-state index >= 15 is 0 Å². The molecule has 1 atom stereocenters. The summed E-state index contributed by atoms with van der Waals surface area (Å²) in [6, 6.07) is 13.2. The standard InChI is InChI=1S/C21H23N3O4S2/c1-14(2)15-7-9-16(10-8-15)30(27,28)24-12-11-23(13-18(24)20(25)26)21-22-17-5-3-4-6-19(17)29-21/h3-10,14,18H,11-13H2,1-2H3,(H,25,26). The third-order valence-electron chi connectivity index (χ3n) is 5.32. The van der Waals surface area contributed by atoms with Crippen molar-refractivity contribution >= 4 is 42.7 Å². The van der Waals surface area contributed by atoms with E-state index in [0.717, 1.165) is 20.1 Å². The highest BCUT2D eigenvalue weighted by atomic mass is 32.2. The van der Waals surface area contributed by atoms with Gasteiger partial charge in [0.15, 0.2) is 5.13 Å². The molecule has 3 aromatic rings. The molecule has 7 nitrogen and oxygen atoms in total. The zero-order valence-electron chi connectivity index (χ0n) is 16.7. The Bertz CT molecular complexity index is 1140. The van der Waals surface area contributed by atoms with Crippen LogP contribution in [-0.4, -0.2) is 54.5 Å². The number of aliphatic carboxylic acids is 1. The van der Waals surface area contributed by atoms with Crippen LogP contribution in [0.2, 0.25) is 0 Å². The van der Waals surface area contributed by atoms with Crippen LogP contribution in [0.1, 0.15) is 25.3 Å². The van der Waals surface area contributed by atoms with Gasteiger partial charge in [-0.15, -0.1) is 0 Å². The topological polar surface area (TPSA) is 90.8 Å². The predicted octanol–water partition coefficient (Wildman–Crippen LogP) is 3.38. The fourth-order valence-electron chi connectivity index (χ4n) is 3.58. The summed E-state index contributed by atoms with van der Waals surface area (Å²) in [5.74, 6) is -0.880. The van der Waals surface area contributed by atoms with Gasteiger partial charge in [-0.2, -0.15) is 4.31 Å². The summed E-state index contributed by atoms with van der Waals surface area (Å²) in [5, 5.41) is 10.5. The predicted molar refractivity (Wildman–Crippen MR) is 118 cm³/mol. The molecular weight excluding hydrogens is 422 g/mol. The number of rotatable bonds is 5. The van der Waals surface area contributed by atoms with E-state index in [2.05, 4.69) is 4.98 Å². The van der Waals surface area contributed by atoms with E-state index in [1.54, 1.807) is 24.3 Å². The van der Waals surface area contributed by atoms with E-state index in [0.29, 0.717) is 11.7 Å². The molecule has 0 spiro atoms. The molecule has 1 aliphatic rings. The van der Waals surface area contributed by atoms with Gasteiger partial charge in [-0.3, -0.25) is 4.79 Å². The summed E-state index contributed by atoms with van der Waals surface area (Å²) in [5.41, 5.74) is 1.88. The van der Waals surface area contributed by atoms with Crippen molar-refractivity contribution in [3.8, 4) is 0 Å². The lowest BCUT2D eigenvalue weighted by atomic mass is 10.0. The van der Waals surface area contributed by atoms with E-state index in [1.165, 1.54) is 11.3 Å². The van der Waals surface area contributed by atoms with Gasteiger partial charge in [0.1, 0.15) is 6.04 Å². The highest BCUT2D eigenvalue weighted by Crippen LogP contribution is 2.31. The Labute approximate surface area is 179 Å². The molecule has 0 saturated carbocycles. The first-order chi connectivity index (χ1) is 14.3. The van der Waals surface area contributed by atoms with Crippen LogP contribution in [-0.2, 0) is 14.8 Å². The lowest BCUT2D eigenvalue weighted by Gasteiger charge is -2.38. The van der Waals surface area contributed by atoms with Crippen molar-refractivity contribution in [2.24, 2.45) is 0 Å². The largest absolute Gasteiger partial charge is 0.480 e. The number of carboxylic acid groups (broad SMARTS) is 1. The van der Waals surface area contributed by atoms with Crippen LogP contribution < -0.4 is 4.90 Å². The van der Waals surface area contributed by atoms with Gasteiger partial charge in [-0.1, -0.05) is 49.4 Å². The van der Waals surface area contributed by atoms with Crippen LogP contribution in [0.4, 0.5) is 5.13 Å². The molecule has 1 saturated heterocycles. The van der Waals surface area contributed by atoms with Crippen LogP contribution in [0.25, 0.3) is 10.2 Å². The van der Waals surface area contributed by atoms with Crippen molar-refractivity contribution in [1.29, 1.82) is 0 Å². The summed E-state index contributed by atoms with van der Waals surface area (Å²) in [6.45, 7) is 4.59. The van der Waals surface area contributed by atoms with E-state index in [-0.39, 0.29) is 23.9 Å². The van der Waals surface area contributed by atoms with E-state index in [4.69, 9.17) is 0 Å². The van der Waals surface area contributed by atoms with Gasteiger partial charge in [-0.25, -0.2) is 13.4 Å². The first-order valence-electron chi connectivity index (χ1n) is 9.72. The molecule has 2 aromatic carbocycles. The molecule has 1 N–H and O–H groups in total. The van der Waals surface area contributed by atoms with Crippen LogP contribution in [0.15, 0.2) is 53.4 Å². The van der Waals surface area contributed by atoms with Crippen molar-refractivity contribution in [3.05, 3.63) is 54.1 Å². The van der Waals surface area contributed by atoms with Crippen molar-refractivity contribution < 1.29 is 18.3 Å². The number of thiazole rings is 1. The second-order valence-electron chi connectivity index (χ2n) is 7.60. The SMILES string of the molecule is CC(C)c1ccc(S(=O)(=O)N2CCN(c3nc4ccccc4s3)CC2C(=O)O)cc1. The van der Waals surface area contributed by atoms with Crippen molar-refractivity contribution in [3.63, 3.8) is 0 Å². The van der Waals surface area contributed by atoms with Gasteiger partial charge in [0.25, 0.3) is 0 Å². The zero-order valence-corrected chi connectivity index (χ0v) is 18.4. The Hall–Kier alpha value is -2.49. The third kappa shape index (κ3) is 3.80. The van der Waals surface area contributed by atoms with Crippen LogP contribution in [0, 0.1) is 0 Å². The number of hydrogen-bond donors (Lipinski definition) is 1. The minimum Gasteiger partial charge on any atom is -0.480 e. The molecular formula is C21H23N3O4S2. The van der Waals surface area contributed by atoms with Crippen molar-refractivity contribution in [2.45, 2.75) is 30.7 Å². The van der Waals surface area contributed by atoms with Crippen molar-refractivity contribution in [1.82, 2.24) is 9.29 Å². The maximum Gasteiger partial charge on any atom is 0.323 e. The molecule has 1 fully saturated rings. The number of benzene rings is 2. The second-order valence-corrected chi connectivity index (χ2v) is 10.5. The molecule has 0 amide bonds. The molecule has 1 unspecified atom stereocenters. The lowest BCUT2D eigenvalue weighted by Crippen LogP contribution is -2.58. The number of anilines is 1. The molecule has 158 valence electrons. The number of nitrogens with zero attached hydrogens (tertiary/aromatic N) is 3. The van der Waals surface area contributed by atoms with E-state index < -0.39 is 22.0 Å². The number of carboxylic acids is 1. The van der Waals surface area contributed by atoms with Crippen molar-refractivity contribution in [2.75, 3.05) is 24.5 Å². The number of aromatic nitrogens is 1. The van der Waals surface area contributed by atoms with Gasteiger partial charge < -0.3 is 10.0 Å². The minimum atomic E-state index is -3.92. The zero-order chi connectivity index (χ0) is 21.5. The Morgan fingerprint density at radius 1 is 1.13 bits per heavy atom. The third-order valence-corrected chi connectivity index (χ3v) is 8.34. The van der Waals surface area contributed by atoms with E-state index in [1.807, 2.05) is 43.0 Å². The average Bonchev–Trinajstić information content (AvgIpc) is 3.17. The van der Waals surface area contributed by atoms with Gasteiger partial charge in [0, 0.05) is 19.6 Å². The van der Waals surface area contributed by atoms with Gasteiger partial charge in [0.05, 0.1) is 15.1 Å². The number of sulfonamides is 1. The van der Waals surface area contributed by atoms with Gasteiger partial charge >= 0.3 is 5.97 Å². The molecule has 0 bridgehead atoms. The molecule has 0 radical (unpaired) electrons. The summed E-state index contributed by atoms with van der Waals surface area (Å²) < 4.78 is 28.5. The Balaban J connectivity index is 1.61. The fraction of sp³-hybridized carbons (Fsp3) is 0.333. The Morgan fingerprint density at radius 2 is 1.83 bits per heavy atom. The van der Waals surface area contributed by atoms with E-state index in [9.17, 15) is 18.3 Å². The number of piperazine rings is 1. The van der Waals surface area contributed by atoms with Crippen LogP contribution >= 0.6 is 11.3 Å². The second kappa shape index (κ2) is 7.98. The monoisotopic (exact) mass is 445 g/mol. The number of para-hydroxylation sites is 1. The summed E-state index contributed by atoms with van der Waals surface area (Å²) in [7, 11) is -3.92.